The first-order chi connectivity index (χ1) is 10.1. The van der Waals surface area contributed by atoms with Crippen molar-refractivity contribution >= 4 is 21.5 Å². The monoisotopic (exact) mass is 329 g/mol. The molecule has 8 heteroatoms. The van der Waals surface area contributed by atoms with Crippen LogP contribution in [0.25, 0.3) is 0 Å². The number of nitrogens with two attached hydrogens (primary N) is 1. The Hall–Kier alpha value is -1.96. The molecule has 0 saturated carbocycles. The Labute approximate surface area is 131 Å². The average Bonchev–Trinajstić information content (AvgIpc) is 2.44. The number of methoxy groups -OCH3 is 2. The highest BCUT2D eigenvalue weighted by molar-refractivity contribution is 7.92. The first-order valence-electron chi connectivity index (χ1n) is 6.59. The lowest BCUT2D eigenvalue weighted by atomic mass is 10.2. The van der Waals surface area contributed by atoms with Gasteiger partial charge in [-0.2, -0.15) is 0 Å². The summed E-state index contributed by atoms with van der Waals surface area (Å²) in [6, 6.07) is 5.20. The van der Waals surface area contributed by atoms with E-state index in [-0.39, 0.29) is 12.5 Å². The topological polar surface area (TPSA) is 103 Å². The van der Waals surface area contributed by atoms with E-state index in [4.69, 9.17) is 15.2 Å². The van der Waals surface area contributed by atoms with Crippen molar-refractivity contribution in [3.63, 3.8) is 0 Å². The highest BCUT2D eigenvalue weighted by Crippen LogP contribution is 2.29. The van der Waals surface area contributed by atoms with Crippen molar-refractivity contribution in [1.82, 2.24) is 0 Å². The molecule has 0 spiro atoms. The molecule has 0 bridgehead atoms. The highest BCUT2D eigenvalue weighted by Gasteiger charge is 2.29. The van der Waals surface area contributed by atoms with E-state index in [9.17, 15) is 8.42 Å². The third kappa shape index (κ3) is 4.52. The zero-order valence-corrected chi connectivity index (χ0v) is 14.3. The van der Waals surface area contributed by atoms with E-state index in [0.717, 1.165) is 0 Å². The molecule has 1 rings (SSSR count). The maximum Gasteiger partial charge on any atom is 0.193 e. The zero-order chi connectivity index (χ0) is 17.0. The summed E-state index contributed by atoms with van der Waals surface area (Å²) in [4.78, 5) is 4.09. The Bertz CT molecular complexity index is 654. The minimum absolute atomic E-state index is 0.0674. The molecule has 0 aromatic heterocycles. The van der Waals surface area contributed by atoms with E-state index in [2.05, 4.69) is 10.3 Å². The van der Waals surface area contributed by atoms with Crippen LogP contribution in [-0.2, 0) is 9.84 Å². The van der Waals surface area contributed by atoms with Crippen LogP contribution in [0.1, 0.15) is 13.8 Å². The predicted molar refractivity (Wildman–Crippen MR) is 88.6 cm³/mol. The number of benzene rings is 1. The first-order valence-corrected chi connectivity index (χ1v) is 8.48. The lowest BCUT2D eigenvalue weighted by molar-refractivity contribution is 0.355. The van der Waals surface area contributed by atoms with Gasteiger partial charge in [-0.25, -0.2) is 8.42 Å². The van der Waals surface area contributed by atoms with Gasteiger partial charge < -0.3 is 20.5 Å². The van der Waals surface area contributed by atoms with Crippen molar-refractivity contribution in [3.05, 3.63) is 18.2 Å². The molecule has 0 aliphatic rings. The molecular weight excluding hydrogens is 306 g/mol. The molecule has 124 valence electrons. The second-order valence-corrected chi connectivity index (χ2v) is 8.08. The van der Waals surface area contributed by atoms with Gasteiger partial charge in [0.05, 0.1) is 25.5 Å². The number of anilines is 1. The lowest BCUT2D eigenvalue weighted by Gasteiger charge is -2.20. The van der Waals surface area contributed by atoms with Crippen LogP contribution in [0.4, 0.5) is 5.69 Å². The smallest absolute Gasteiger partial charge is 0.193 e. The summed E-state index contributed by atoms with van der Waals surface area (Å²) in [6.45, 7) is 3.28. The summed E-state index contributed by atoms with van der Waals surface area (Å²) in [5.74, 6) is 1.28. The van der Waals surface area contributed by atoms with Crippen molar-refractivity contribution in [1.29, 1.82) is 0 Å². The summed E-state index contributed by atoms with van der Waals surface area (Å²) in [5.41, 5.74) is 6.45. The average molecular weight is 329 g/mol. The largest absolute Gasteiger partial charge is 0.493 e. The number of nitrogens with zero attached hydrogens (tertiary/aromatic N) is 1. The molecule has 0 amide bonds. The molecule has 0 aliphatic heterocycles. The van der Waals surface area contributed by atoms with Gasteiger partial charge in [0, 0.05) is 18.0 Å². The Kier molecular flexibility index (Phi) is 5.65. The van der Waals surface area contributed by atoms with Crippen molar-refractivity contribution in [2.24, 2.45) is 10.7 Å². The first kappa shape index (κ1) is 18.1. The number of ether oxygens (including phenoxy) is 2. The van der Waals surface area contributed by atoms with E-state index in [1.807, 2.05) is 0 Å². The second-order valence-electron chi connectivity index (χ2n) is 5.43. The molecule has 22 heavy (non-hydrogen) atoms. The third-order valence-electron chi connectivity index (χ3n) is 3.29. The van der Waals surface area contributed by atoms with E-state index in [0.29, 0.717) is 17.2 Å². The fourth-order valence-corrected chi connectivity index (χ4v) is 1.79. The third-order valence-corrected chi connectivity index (χ3v) is 5.43. The van der Waals surface area contributed by atoms with Gasteiger partial charge in [0.15, 0.2) is 27.3 Å². The molecule has 0 aliphatic carbocycles. The van der Waals surface area contributed by atoms with Crippen molar-refractivity contribution in [2.75, 3.05) is 32.3 Å². The van der Waals surface area contributed by atoms with Crippen LogP contribution in [0.15, 0.2) is 23.2 Å². The van der Waals surface area contributed by atoms with Crippen LogP contribution in [0, 0.1) is 0 Å². The SMILES string of the molecule is COc1ccc(NC(N)=NCC(C)(C)S(C)(=O)=O)cc1OC. The Balaban J connectivity index is 2.85. The van der Waals surface area contributed by atoms with Gasteiger partial charge in [0.25, 0.3) is 0 Å². The molecule has 1 aromatic carbocycles. The van der Waals surface area contributed by atoms with Crippen LogP contribution in [0.2, 0.25) is 0 Å². The number of guanidine groups is 1. The van der Waals surface area contributed by atoms with E-state index >= 15 is 0 Å². The minimum atomic E-state index is -3.22. The lowest BCUT2D eigenvalue weighted by Crippen LogP contribution is -2.36. The highest BCUT2D eigenvalue weighted by atomic mass is 32.2. The molecule has 3 N–H and O–H groups in total. The standard InChI is InChI=1S/C14H23N3O4S/c1-14(2,22(5,18)19)9-16-13(15)17-10-6-7-11(20-3)12(8-10)21-4/h6-8H,9H2,1-5H3,(H3,15,16,17). The van der Waals surface area contributed by atoms with Crippen LogP contribution in [0.3, 0.4) is 0 Å². The van der Waals surface area contributed by atoms with Gasteiger partial charge >= 0.3 is 0 Å². The normalized spacial score (nSPS) is 12.9. The number of hydrogen-bond acceptors (Lipinski definition) is 5. The Morgan fingerprint density at radius 2 is 1.86 bits per heavy atom. The summed E-state index contributed by atoms with van der Waals surface area (Å²) >= 11 is 0. The molecule has 0 saturated heterocycles. The predicted octanol–water partition coefficient (Wildman–Crippen LogP) is 1.25. The maximum atomic E-state index is 11.6. The second kappa shape index (κ2) is 6.87. The molecule has 0 fully saturated rings. The zero-order valence-electron chi connectivity index (χ0n) is 13.5. The minimum Gasteiger partial charge on any atom is -0.493 e. The van der Waals surface area contributed by atoms with Crippen LogP contribution < -0.4 is 20.5 Å². The van der Waals surface area contributed by atoms with Gasteiger partial charge in [-0.3, -0.25) is 4.99 Å². The van der Waals surface area contributed by atoms with Crippen LogP contribution in [-0.4, -0.2) is 46.1 Å². The van der Waals surface area contributed by atoms with Crippen LogP contribution >= 0.6 is 0 Å². The summed E-state index contributed by atoms with van der Waals surface area (Å²) in [6.07, 6.45) is 1.18. The van der Waals surface area contributed by atoms with Crippen LogP contribution in [0.5, 0.6) is 11.5 Å². The fraction of sp³-hybridized carbons (Fsp3) is 0.500. The molecule has 1 aromatic rings. The molecule has 0 atom stereocenters. The maximum absolute atomic E-state index is 11.6. The van der Waals surface area contributed by atoms with E-state index in [1.54, 1.807) is 39.2 Å². The molecule has 0 unspecified atom stereocenters. The molecule has 0 radical (unpaired) electrons. The number of rotatable bonds is 6. The number of sulfone groups is 1. The van der Waals surface area contributed by atoms with Crippen molar-refractivity contribution < 1.29 is 17.9 Å². The molecule has 7 nitrogen and oxygen atoms in total. The summed E-state index contributed by atoms with van der Waals surface area (Å²) in [7, 11) is -0.132. The summed E-state index contributed by atoms with van der Waals surface area (Å²) in [5, 5.41) is 2.89. The van der Waals surface area contributed by atoms with Gasteiger partial charge in [-0.05, 0) is 26.0 Å². The molecular formula is C14H23N3O4S. The van der Waals surface area contributed by atoms with Gasteiger partial charge in [-0.15, -0.1) is 0 Å². The Morgan fingerprint density at radius 3 is 2.36 bits per heavy atom. The Morgan fingerprint density at radius 1 is 1.27 bits per heavy atom. The van der Waals surface area contributed by atoms with Gasteiger partial charge in [-0.1, -0.05) is 0 Å². The van der Waals surface area contributed by atoms with E-state index in [1.165, 1.54) is 13.4 Å². The molecule has 0 heterocycles. The number of nitrogens with one attached hydrogen (secondary N) is 1. The van der Waals surface area contributed by atoms with Crippen molar-refractivity contribution in [3.8, 4) is 11.5 Å². The van der Waals surface area contributed by atoms with Crippen molar-refractivity contribution in [2.45, 2.75) is 18.6 Å². The summed E-state index contributed by atoms with van der Waals surface area (Å²) < 4.78 is 32.6. The van der Waals surface area contributed by atoms with Gasteiger partial charge in [0.1, 0.15) is 0 Å². The quantitative estimate of drug-likeness (QED) is 0.601. The number of aliphatic imine (C=N–C) groups is 1. The fourth-order valence-electron chi connectivity index (χ4n) is 1.49. The number of hydrogen-bond donors (Lipinski definition) is 2. The van der Waals surface area contributed by atoms with E-state index < -0.39 is 14.6 Å². The van der Waals surface area contributed by atoms with Gasteiger partial charge in [0.2, 0.25) is 0 Å².